The van der Waals surface area contributed by atoms with E-state index < -0.39 is 0 Å². The molecular formula is C18H17Cl2N5O. The number of hydrogen-bond donors (Lipinski definition) is 3. The molecule has 0 amide bonds. The molecule has 0 aliphatic carbocycles. The van der Waals surface area contributed by atoms with Gasteiger partial charge in [0.05, 0.1) is 16.7 Å². The van der Waals surface area contributed by atoms with E-state index in [-0.39, 0.29) is 6.61 Å². The molecule has 0 spiro atoms. The molecule has 3 rings (SSSR count). The van der Waals surface area contributed by atoms with Crippen LogP contribution in [-0.2, 0) is 6.54 Å². The zero-order chi connectivity index (χ0) is 18.4. The van der Waals surface area contributed by atoms with Crippen LogP contribution in [0.25, 0.3) is 11.3 Å². The minimum absolute atomic E-state index is 0.0298. The Kier molecular flexibility index (Phi) is 6.22. The summed E-state index contributed by atoms with van der Waals surface area (Å²) in [4.78, 5) is 4.46. The summed E-state index contributed by atoms with van der Waals surface area (Å²) in [6, 6.07) is 15.2. The van der Waals surface area contributed by atoms with Crippen LogP contribution < -0.4 is 10.6 Å². The second kappa shape index (κ2) is 8.80. The van der Waals surface area contributed by atoms with Gasteiger partial charge in [0.1, 0.15) is 5.69 Å². The summed E-state index contributed by atoms with van der Waals surface area (Å²) < 4.78 is 0. The Bertz CT molecular complexity index is 877. The van der Waals surface area contributed by atoms with Gasteiger partial charge in [-0.25, -0.2) is 0 Å². The Morgan fingerprint density at radius 2 is 1.73 bits per heavy atom. The lowest BCUT2D eigenvalue weighted by molar-refractivity contribution is 0.310. The molecule has 134 valence electrons. The van der Waals surface area contributed by atoms with E-state index in [1.54, 1.807) is 12.1 Å². The maximum atomic E-state index is 8.96. The number of anilines is 2. The van der Waals surface area contributed by atoms with Gasteiger partial charge in [-0.3, -0.25) is 0 Å². The van der Waals surface area contributed by atoms with Crippen molar-refractivity contribution in [1.29, 1.82) is 0 Å². The molecule has 26 heavy (non-hydrogen) atoms. The molecule has 1 aromatic heterocycles. The van der Waals surface area contributed by atoms with Crippen molar-refractivity contribution in [2.24, 2.45) is 0 Å². The Morgan fingerprint density at radius 1 is 0.923 bits per heavy atom. The molecule has 3 N–H and O–H groups in total. The molecule has 1 heterocycles. The highest BCUT2D eigenvalue weighted by Gasteiger charge is 2.16. The second-order valence-electron chi connectivity index (χ2n) is 5.42. The summed E-state index contributed by atoms with van der Waals surface area (Å²) in [5.74, 6) is 0.838. The van der Waals surface area contributed by atoms with Crippen molar-refractivity contribution < 1.29 is 5.11 Å². The van der Waals surface area contributed by atoms with Crippen LogP contribution in [0.15, 0.2) is 48.5 Å². The number of rotatable bonds is 7. The molecule has 0 saturated carbocycles. The monoisotopic (exact) mass is 389 g/mol. The minimum atomic E-state index is -0.0298. The number of aliphatic hydroxyl groups excluding tert-OH is 1. The normalized spacial score (nSPS) is 10.6. The third kappa shape index (κ3) is 4.40. The van der Waals surface area contributed by atoms with Gasteiger partial charge in [0, 0.05) is 18.7 Å². The quantitative estimate of drug-likeness (QED) is 0.568. The highest BCUT2D eigenvalue weighted by atomic mass is 35.5. The number of aromatic nitrogens is 3. The lowest BCUT2D eigenvalue weighted by atomic mass is 10.1. The molecule has 0 radical (unpaired) electrons. The zero-order valence-corrected chi connectivity index (χ0v) is 15.3. The summed E-state index contributed by atoms with van der Waals surface area (Å²) >= 11 is 12.5. The van der Waals surface area contributed by atoms with Crippen LogP contribution in [0, 0.1) is 0 Å². The fourth-order valence-corrected chi connectivity index (χ4v) is 2.73. The first-order valence-electron chi connectivity index (χ1n) is 8.00. The molecule has 6 nitrogen and oxygen atoms in total. The molecule has 3 aromatic rings. The van der Waals surface area contributed by atoms with Crippen molar-refractivity contribution in [1.82, 2.24) is 15.2 Å². The Balaban J connectivity index is 1.95. The standard InChI is InChI=1S/C18H17Cl2N5O/c19-14-8-4-7-13(15(14)20)16-17(22-11-12-5-2-1-3-6-12)23-18(25-24-16)21-9-10-26/h1-8,26H,9-11H2,(H2,21,22,23,25). The van der Waals surface area contributed by atoms with Crippen LogP contribution in [0.4, 0.5) is 11.8 Å². The Hall–Kier alpha value is -2.41. The highest BCUT2D eigenvalue weighted by molar-refractivity contribution is 6.43. The maximum absolute atomic E-state index is 8.96. The van der Waals surface area contributed by atoms with E-state index >= 15 is 0 Å². The molecular weight excluding hydrogens is 373 g/mol. The Labute approximate surface area is 161 Å². The van der Waals surface area contributed by atoms with E-state index in [1.807, 2.05) is 36.4 Å². The number of benzene rings is 2. The predicted molar refractivity (Wildman–Crippen MR) is 105 cm³/mol. The van der Waals surface area contributed by atoms with Gasteiger partial charge in [-0.05, 0) is 11.6 Å². The summed E-state index contributed by atoms with van der Waals surface area (Å²) in [5.41, 5.74) is 2.24. The number of nitrogens with one attached hydrogen (secondary N) is 2. The smallest absolute Gasteiger partial charge is 0.244 e. The number of nitrogens with zero attached hydrogens (tertiary/aromatic N) is 3. The van der Waals surface area contributed by atoms with Crippen LogP contribution in [0.1, 0.15) is 5.56 Å². The van der Waals surface area contributed by atoms with E-state index in [1.165, 1.54) is 0 Å². The fraction of sp³-hybridized carbons (Fsp3) is 0.167. The average Bonchev–Trinajstić information content (AvgIpc) is 2.68. The molecule has 0 bridgehead atoms. The fourth-order valence-electron chi connectivity index (χ4n) is 2.34. The van der Waals surface area contributed by atoms with Crippen molar-refractivity contribution in [3.05, 3.63) is 64.1 Å². The van der Waals surface area contributed by atoms with Gasteiger partial charge in [0.15, 0.2) is 5.82 Å². The van der Waals surface area contributed by atoms with E-state index in [9.17, 15) is 0 Å². The minimum Gasteiger partial charge on any atom is -0.395 e. The van der Waals surface area contributed by atoms with Crippen LogP contribution in [0.5, 0.6) is 0 Å². The van der Waals surface area contributed by atoms with Gasteiger partial charge in [-0.2, -0.15) is 4.98 Å². The van der Waals surface area contributed by atoms with Crippen molar-refractivity contribution in [3.8, 4) is 11.3 Å². The van der Waals surface area contributed by atoms with E-state index in [4.69, 9.17) is 28.3 Å². The van der Waals surface area contributed by atoms with Crippen LogP contribution in [0.2, 0.25) is 10.0 Å². The molecule has 0 aliphatic rings. The van der Waals surface area contributed by atoms with Crippen molar-refractivity contribution in [2.45, 2.75) is 6.54 Å². The van der Waals surface area contributed by atoms with Gasteiger partial charge in [0.2, 0.25) is 5.95 Å². The maximum Gasteiger partial charge on any atom is 0.244 e. The molecule has 0 unspecified atom stereocenters. The lowest BCUT2D eigenvalue weighted by Gasteiger charge is -2.13. The van der Waals surface area contributed by atoms with E-state index in [0.717, 1.165) is 5.56 Å². The number of aliphatic hydroxyl groups is 1. The van der Waals surface area contributed by atoms with Crippen LogP contribution >= 0.6 is 23.2 Å². The Morgan fingerprint density at radius 3 is 2.50 bits per heavy atom. The van der Waals surface area contributed by atoms with Gasteiger partial charge in [-0.1, -0.05) is 65.7 Å². The molecule has 2 aromatic carbocycles. The molecule has 0 saturated heterocycles. The molecule has 8 heteroatoms. The summed E-state index contributed by atoms with van der Waals surface area (Å²) in [6.45, 7) is 0.860. The van der Waals surface area contributed by atoms with E-state index in [2.05, 4.69) is 25.8 Å². The van der Waals surface area contributed by atoms with Crippen molar-refractivity contribution in [3.63, 3.8) is 0 Å². The predicted octanol–water partition coefficient (Wildman–Crippen LogP) is 3.86. The SMILES string of the molecule is OCCNc1nnc(-c2cccc(Cl)c2Cl)c(NCc2ccccc2)n1. The number of halogens is 2. The van der Waals surface area contributed by atoms with E-state index in [0.29, 0.717) is 46.2 Å². The van der Waals surface area contributed by atoms with Gasteiger partial charge >= 0.3 is 0 Å². The summed E-state index contributed by atoms with van der Waals surface area (Å²) in [6.07, 6.45) is 0. The first kappa shape index (κ1) is 18.4. The largest absolute Gasteiger partial charge is 0.395 e. The van der Waals surface area contributed by atoms with Crippen LogP contribution in [-0.4, -0.2) is 33.4 Å². The average molecular weight is 390 g/mol. The van der Waals surface area contributed by atoms with Gasteiger partial charge in [0.25, 0.3) is 0 Å². The molecule has 0 fully saturated rings. The molecule has 0 atom stereocenters. The van der Waals surface area contributed by atoms with Crippen molar-refractivity contribution >= 4 is 35.0 Å². The zero-order valence-electron chi connectivity index (χ0n) is 13.8. The second-order valence-corrected chi connectivity index (χ2v) is 6.21. The van der Waals surface area contributed by atoms with Gasteiger partial charge in [-0.15, -0.1) is 10.2 Å². The summed E-state index contributed by atoms with van der Waals surface area (Å²) in [5, 5.41) is 24.3. The van der Waals surface area contributed by atoms with Crippen LogP contribution in [0.3, 0.4) is 0 Å². The first-order valence-corrected chi connectivity index (χ1v) is 8.76. The molecule has 0 aliphatic heterocycles. The lowest BCUT2D eigenvalue weighted by Crippen LogP contribution is -2.12. The van der Waals surface area contributed by atoms with Crippen molar-refractivity contribution in [2.75, 3.05) is 23.8 Å². The summed E-state index contributed by atoms with van der Waals surface area (Å²) in [7, 11) is 0. The third-order valence-corrected chi connectivity index (χ3v) is 4.41. The van der Waals surface area contributed by atoms with Gasteiger partial charge < -0.3 is 15.7 Å². The first-order chi connectivity index (χ1) is 12.7. The number of hydrogen-bond acceptors (Lipinski definition) is 6. The third-order valence-electron chi connectivity index (χ3n) is 3.59. The highest BCUT2D eigenvalue weighted by Crippen LogP contribution is 2.35. The topological polar surface area (TPSA) is 83.0 Å².